The van der Waals surface area contributed by atoms with E-state index in [1.807, 2.05) is 0 Å². The quantitative estimate of drug-likeness (QED) is 0.654. The zero-order chi connectivity index (χ0) is 14.1. The fourth-order valence-corrected chi connectivity index (χ4v) is 1.84. The molecule has 0 radical (unpaired) electrons. The van der Waals surface area contributed by atoms with Crippen LogP contribution in [-0.2, 0) is 11.3 Å². The van der Waals surface area contributed by atoms with E-state index in [9.17, 15) is 4.79 Å². The highest BCUT2D eigenvalue weighted by Gasteiger charge is 2.05. The van der Waals surface area contributed by atoms with Gasteiger partial charge >= 0.3 is 0 Å². The van der Waals surface area contributed by atoms with Crippen LogP contribution in [-0.4, -0.2) is 49.7 Å². The number of nitrogens with zero attached hydrogens (tertiary/aromatic N) is 3. The van der Waals surface area contributed by atoms with Crippen molar-refractivity contribution in [2.24, 2.45) is 0 Å². The second-order valence-corrected chi connectivity index (χ2v) is 4.19. The van der Waals surface area contributed by atoms with E-state index in [0.717, 1.165) is 25.3 Å². The van der Waals surface area contributed by atoms with Gasteiger partial charge in [0.2, 0.25) is 0 Å². The highest BCUT2D eigenvalue weighted by Crippen LogP contribution is 2.07. The summed E-state index contributed by atoms with van der Waals surface area (Å²) in [5.41, 5.74) is 0.830. The predicted molar refractivity (Wildman–Crippen MR) is 76.8 cm³/mol. The van der Waals surface area contributed by atoms with Gasteiger partial charge in [0.25, 0.3) is 5.56 Å². The molecule has 0 atom stereocenters. The molecule has 0 aliphatic rings. The maximum atomic E-state index is 11.9. The van der Waals surface area contributed by atoms with Gasteiger partial charge in [0.05, 0.1) is 25.0 Å². The van der Waals surface area contributed by atoms with Crippen LogP contribution >= 0.6 is 0 Å². The first-order valence-corrected chi connectivity index (χ1v) is 6.74. The van der Waals surface area contributed by atoms with Crippen LogP contribution in [0.2, 0.25) is 0 Å². The van der Waals surface area contributed by atoms with E-state index in [2.05, 4.69) is 29.2 Å². The third-order valence-corrected chi connectivity index (χ3v) is 2.97. The number of nitrogens with one attached hydrogen (secondary N) is 1. The summed E-state index contributed by atoms with van der Waals surface area (Å²) in [7, 11) is 1.67. The third-order valence-electron chi connectivity index (χ3n) is 2.97. The van der Waals surface area contributed by atoms with E-state index in [-0.39, 0.29) is 5.56 Å². The number of aromatic nitrogens is 2. The van der Waals surface area contributed by atoms with Crippen molar-refractivity contribution in [3.8, 4) is 0 Å². The molecule has 0 fully saturated rings. The van der Waals surface area contributed by atoms with Crippen molar-refractivity contribution in [3.05, 3.63) is 22.6 Å². The lowest BCUT2D eigenvalue weighted by molar-refractivity contribution is 0.199. The van der Waals surface area contributed by atoms with Crippen LogP contribution in [0, 0.1) is 0 Å². The summed E-state index contributed by atoms with van der Waals surface area (Å²) in [6.45, 7) is 8.61. The molecular formula is C13H24N4O2. The lowest BCUT2D eigenvalue weighted by Gasteiger charge is -2.20. The lowest BCUT2D eigenvalue weighted by atomic mass is 10.4. The van der Waals surface area contributed by atoms with Crippen LogP contribution < -0.4 is 15.8 Å². The SMILES string of the molecule is CCN(CC)c1cnn(CCNCCOC)c(=O)c1. The van der Waals surface area contributed by atoms with Gasteiger partial charge in [0.15, 0.2) is 0 Å². The number of anilines is 1. The van der Waals surface area contributed by atoms with Crippen molar-refractivity contribution in [2.45, 2.75) is 20.4 Å². The van der Waals surface area contributed by atoms with Crippen molar-refractivity contribution < 1.29 is 4.74 Å². The van der Waals surface area contributed by atoms with Crippen LogP contribution in [0.25, 0.3) is 0 Å². The van der Waals surface area contributed by atoms with E-state index >= 15 is 0 Å². The zero-order valence-corrected chi connectivity index (χ0v) is 12.1. The fraction of sp³-hybridized carbons (Fsp3) is 0.692. The number of methoxy groups -OCH3 is 1. The Kier molecular flexibility index (Phi) is 7.14. The standard InChI is InChI=1S/C13H24N4O2/c1-4-16(5-2)12-10-13(18)17(15-11-12)8-6-14-7-9-19-3/h10-11,14H,4-9H2,1-3H3. The highest BCUT2D eigenvalue weighted by molar-refractivity contribution is 5.42. The van der Waals surface area contributed by atoms with Crippen LogP contribution in [0.5, 0.6) is 0 Å². The van der Waals surface area contributed by atoms with Crippen LogP contribution in [0.15, 0.2) is 17.1 Å². The Hall–Kier alpha value is -1.40. The first-order valence-electron chi connectivity index (χ1n) is 6.74. The van der Waals surface area contributed by atoms with Crippen LogP contribution in [0.4, 0.5) is 5.69 Å². The maximum Gasteiger partial charge on any atom is 0.268 e. The average molecular weight is 268 g/mol. The number of hydrogen-bond donors (Lipinski definition) is 1. The molecule has 1 aromatic heterocycles. The molecule has 0 saturated carbocycles. The molecule has 0 aromatic carbocycles. The van der Waals surface area contributed by atoms with Gasteiger partial charge in [-0.25, -0.2) is 4.68 Å². The average Bonchev–Trinajstić information content (AvgIpc) is 2.42. The molecule has 0 spiro atoms. The molecule has 108 valence electrons. The number of rotatable bonds is 9. The van der Waals surface area contributed by atoms with Crippen molar-refractivity contribution in [1.82, 2.24) is 15.1 Å². The largest absolute Gasteiger partial charge is 0.383 e. The number of ether oxygens (including phenoxy) is 1. The van der Waals surface area contributed by atoms with E-state index in [1.54, 1.807) is 19.4 Å². The molecule has 0 amide bonds. The van der Waals surface area contributed by atoms with E-state index in [0.29, 0.717) is 19.7 Å². The van der Waals surface area contributed by atoms with Gasteiger partial charge in [-0.2, -0.15) is 5.10 Å². The Labute approximate surface area is 114 Å². The molecule has 0 aliphatic heterocycles. The second-order valence-electron chi connectivity index (χ2n) is 4.19. The van der Waals surface area contributed by atoms with E-state index in [1.165, 1.54) is 4.68 Å². The Balaban J connectivity index is 2.55. The van der Waals surface area contributed by atoms with Crippen molar-refractivity contribution in [3.63, 3.8) is 0 Å². The van der Waals surface area contributed by atoms with Crippen molar-refractivity contribution in [1.29, 1.82) is 0 Å². The molecule has 0 aliphatic carbocycles. The molecule has 6 nitrogen and oxygen atoms in total. The molecule has 1 rings (SSSR count). The van der Waals surface area contributed by atoms with Gasteiger partial charge in [-0.05, 0) is 13.8 Å². The van der Waals surface area contributed by atoms with Gasteiger partial charge in [0, 0.05) is 39.4 Å². The molecular weight excluding hydrogens is 244 g/mol. The molecule has 19 heavy (non-hydrogen) atoms. The predicted octanol–water partition coefficient (Wildman–Crippen LogP) is 0.326. The van der Waals surface area contributed by atoms with Crippen molar-refractivity contribution >= 4 is 5.69 Å². The van der Waals surface area contributed by atoms with Gasteiger partial charge in [-0.3, -0.25) is 4.79 Å². The summed E-state index contributed by atoms with van der Waals surface area (Å²) >= 11 is 0. The normalized spacial score (nSPS) is 10.7. The third kappa shape index (κ3) is 5.00. The van der Waals surface area contributed by atoms with E-state index in [4.69, 9.17) is 4.74 Å². The fourth-order valence-electron chi connectivity index (χ4n) is 1.84. The minimum Gasteiger partial charge on any atom is -0.383 e. The smallest absolute Gasteiger partial charge is 0.268 e. The summed E-state index contributed by atoms with van der Waals surface area (Å²) in [6, 6.07) is 1.65. The first-order chi connectivity index (χ1) is 9.22. The second kappa shape index (κ2) is 8.66. The highest BCUT2D eigenvalue weighted by atomic mass is 16.5. The van der Waals surface area contributed by atoms with Crippen molar-refractivity contribution in [2.75, 3.05) is 44.8 Å². The summed E-state index contributed by atoms with van der Waals surface area (Å²) < 4.78 is 6.41. The molecule has 0 unspecified atom stereocenters. The summed E-state index contributed by atoms with van der Waals surface area (Å²) in [5, 5.41) is 7.39. The molecule has 0 saturated heterocycles. The van der Waals surface area contributed by atoms with Gasteiger partial charge in [-0.15, -0.1) is 0 Å². The molecule has 1 heterocycles. The van der Waals surface area contributed by atoms with Gasteiger partial charge in [0.1, 0.15) is 0 Å². The Morgan fingerprint density at radius 2 is 2.11 bits per heavy atom. The van der Waals surface area contributed by atoms with E-state index < -0.39 is 0 Å². The minimum absolute atomic E-state index is 0.0575. The molecule has 1 aromatic rings. The van der Waals surface area contributed by atoms with Crippen LogP contribution in [0.1, 0.15) is 13.8 Å². The van der Waals surface area contributed by atoms with Gasteiger partial charge in [-0.1, -0.05) is 0 Å². The monoisotopic (exact) mass is 268 g/mol. The lowest BCUT2D eigenvalue weighted by Crippen LogP contribution is -2.31. The Bertz CT molecular complexity index is 415. The number of hydrogen-bond acceptors (Lipinski definition) is 5. The minimum atomic E-state index is -0.0575. The summed E-state index contributed by atoms with van der Waals surface area (Å²) in [5.74, 6) is 0. The van der Waals surface area contributed by atoms with Gasteiger partial charge < -0.3 is 15.0 Å². The first kappa shape index (κ1) is 15.7. The zero-order valence-electron chi connectivity index (χ0n) is 12.1. The Morgan fingerprint density at radius 1 is 1.37 bits per heavy atom. The van der Waals surface area contributed by atoms with Crippen LogP contribution in [0.3, 0.4) is 0 Å². The topological polar surface area (TPSA) is 59.4 Å². The maximum absolute atomic E-state index is 11.9. The molecule has 0 bridgehead atoms. The summed E-state index contributed by atoms with van der Waals surface area (Å²) in [4.78, 5) is 14.0. The Morgan fingerprint density at radius 3 is 2.68 bits per heavy atom. The molecule has 6 heteroatoms. The molecule has 1 N–H and O–H groups in total. The summed E-state index contributed by atoms with van der Waals surface area (Å²) in [6.07, 6.45) is 1.75.